The van der Waals surface area contributed by atoms with E-state index in [4.69, 9.17) is 0 Å². The fourth-order valence-corrected chi connectivity index (χ4v) is 5.28. The zero-order chi connectivity index (χ0) is 6.81. The third kappa shape index (κ3) is 1.72. The van der Waals surface area contributed by atoms with E-state index in [2.05, 4.69) is 0 Å². The van der Waals surface area contributed by atoms with Crippen LogP contribution in [0.5, 0.6) is 0 Å². The summed E-state index contributed by atoms with van der Waals surface area (Å²) in [5.41, 5.74) is 2.23. The van der Waals surface area contributed by atoms with Crippen molar-refractivity contribution in [3.05, 3.63) is 0 Å². The van der Waals surface area contributed by atoms with Gasteiger partial charge in [0.2, 0.25) is 0 Å². The standard InChI is InChI=1S/C8H14P2/c1-3-7(4-1)9-10-8-5-2-6-8/h7-8H,1-6H2. The van der Waals surface area contributed by atoms with Gasteiger partial charge in [-0.05, 0) is 53.5 Å². The molecular weight excluding hydrogens is 158 g/mol. The summed E-state index contributed by atoms with van der Waals surface area (Å²) in [4.78, 5) is 0. The van der Waals surface area contributed by atoms with E-state index < -0.39 is 0 Å². The minimum absolute atomic E-state index is 1.11. The topological polar surface area (TPSA) is 0 Å². The summed E-state index contributed by atoms with van der Waals surface area (Å²) >= 11 is 0. The van der Waals surface area contributed by atoms with Gasteiger partial charge in [-0.1, -0.05) is 12.8 Å². The molecule has 0 spiro atoms. The lowest BCUT2D eigenvalue weighted by Crippen LogP contribution is -2.13. The van der Waals surface area contributed by atoms with Crippen molar-refractivity contribution in [3.8, 4) is 0 Å². The number of hydrogen-bond acceptors (Lipinski definition) is 0. The molecule has 0 saturated heterocycles. The molecule has 2 rings (SSSR count). The molecule has 10 heavy (non-hydrogen) atoms. The lowest BCUT2D eigenvalue weighted by molar-refractivity contribution is 0.515. The monoisotopic (exact) mass is 172 g/mol. The summed E-state index contributed by atoms with van der Waals surface area (Å²) in [6.07, 6.45) is 9.14. The van der Waals surface area contributed by atoms with Crippen molar-refractivity contribution in [2.75, 3.05) is 0 Å². The maximum Gasteiger partial charge on any atom is -0.0125 e. The Morgan fingerprint density at radius 2 is 1.10 bits per heavy atom. The van der Waals surface area contributed by atoms with Gasteiger partial charge in [-0.25, -0.2) is 0 Å². The molecule has 2 aliphatic carbocycles. The van der Waals surface area contributed by atoms with E-state index in [1.54, 1.807) is 16.5 Å². The Labute approximate surface area is 67.0 Å². The average molecular weight is 172 g/mol. The summed E-state index contributed by atoms with van der Waals surface area (Å²) < 4.78 is 0. The molecule has 0 bridgehead atoms. The van der Waals surface area contributed by atoms with Gasteiger partial charge in [-0.15, -0.1) is 0 Å². The molecule has 0 nitrogen and oxygen atoms in total. The first-order valence-corrected chi connectivity index (χ1v) is 6.98. The Morgan fingerprint density at radius 1 is 0.700 bits per heavy atom. The van der Waals surface area contributed by atoms with E-state index in [1.807, 2.05) is 0 Å². The van der Waals surface area contributed by atoms with Gasteiger partial charge in [0.15, 0.2) is 0 Å². The highest BCUT2D eigenvalue weighted by molar-refractivity contribution is 8.12. The summed E-state index contributed by atoms with van der Waals surface area (Å²) in [5, 5.41) is 0. The molecule has 0 aromatic heterocycles. The third-order valence-corrected chi connectivity index (χ3v) is 6.72. The first-order chi connectivity index (χ1) is 4.95. The van der Waals surface area contributed by atoms with E-state index in [-0.39, 0.29) is 0 Å². The molecular formula is C8H14P2. The van der Waals surface area contributed by atoms with Crippen molar-refractivity contribution in [1.29, 1.82) is 0 Å². The molecule has 56 valence electrons. The Morgan fingerprint density at radius 3 is 1.30 bits per heavy atom. The molecule has 0 heterocycles. The second-order valence-electron chi connectivity index (χ2n) is 3.40. The predicted molar refractivity (Wildman–Crippen MR) is 49.1 cm³/mol. The molecule has 0 aromatic carbocycles. The molecule has 0 aromatic rings. The molecule has 0 aliphatic heterocycles. The van der Waals surface area contributed by atoms with Crippen LogP contribution in [0.3, 0.4) is 0 Å². The quantitative estimate of drug-likeness (QED) is 0.566. The summed E-state index contributed by atoms with van der Waals surface area (Å²) in [6.45, 7) is 0. The lowest BCUT2D eigenvalue weighted by Gasteiger charge is -2.29. The van der Waals surface area contributed by atoms with E-state index in [0.29, 0.717) is 0 Å². The second kappa shape index (κ2) is 3.51. The molecule has 2 aliphatic rings. The Bertz CT molecular complexity index is 91.8. The average Bonchev–Trinajstić information content (AvgIpc) is 1.70. The van der Waals surface area contributed by atoms with Crippen molar-refractivity contribution < 1.29 is 0 Å². The minimum atomic E-state index is 1.11. The van der Waals surface area contributed by atoms with Crippen LogP contribution >= 0.6 is 16.5 Å². The molecule has 2 saturated carbocycles. The van der Waals surface area contributed by atoms with Crippen LogP contribution in [0, 0.1) is 0 Å². The summed E-state index contributed by atoms with van der Waals surface area (Å²) in [6, 6.07) is 0. The fourth-order valence-electron chi connectivity index (χ4n) is 1.19. The van der Waals surface area contributed by atoms with E-state index in [0.717, 1.165) is 11.3 Å². The molecule has 0 N–H and O–H groups in total. The third-order valence-electron chi connectivity index (χ3n) is 2.54. The van der Waals surface area contributed by atoms with Crippen LogP contribution in [0.4, 0.5) is 0 Å². The number of hydrogen-bond donors (Lipinski definition) is 0. The number of rotatable bonds is 3. The Kier molecular flexibility index (Phi) is 2.63. The van der Waals surface area contributed by atoms with E-state index in [1.165, 1.54) is 38.5 Å². The SMILES string of the molecule is C1CC([P][P]C2CCC2)C1. The zero-order valence-corrected chi connectivity index (χ0v) is 8.08. The fraction of sp³-hybridized carbons (Fsp3) is 1.00. The molecule has 2 heteroatoms. The van der Waals surface area contributed by atoms with Gasteiger partial charge < -0.3 is 0 Å². The van der Waals surface area contributed by atoms with Gasteiger partial charge in [0.05, 0.1) is 0 Å². The van der Waals surface area contributed by atoms with Crippen molar-refractivity contribution in [2.24, 2.45) is 0 Å². The van der Waals surface area contributed by atoms with Gasteiger partial charge in [0.1, 0.15) is 0 Å². The van der Waals surface area contributed by atoms with Crippen LogP contribution in [0.15, 0.2) is 0 Å². The smallest absolute Gasteiger partial charge is 0.0125 e. The Balaban J connectivity index is 1.54. The van der Waals surface area contributed by atoms with Gasteiger partial charge in [0.25, 0.3) is 0 Å². The highest BCUT2D eigenvalue weighted by Gasteiger charge is 2.23. The van der Waals surface area contributed by atoms with Crippen LogP contribution in [0.2, 0.25) is 0 Å². The lowest BCUT2D eigenvalue weighted by atomic mass is 10.00. The van der Waals surface area contributed by atoms with E-state index in [9.17, 15) is 0 Å². The first kappa shape index (κ1) is 7.51. The normalized spacial score (nSPS) is 30.0. The highest BCUT2D eigenvalue weighted by Crippen LogP contribution is 2.55. The zero-order valence-electron chi connectivity index (χ0n) is 6.29. The van der Waals surface area contributed by atoms with Crippen molar-refractivity contribution in [3.63, 3.8) is 0 Å². The van der Waals surface area contributed by atoms with Crippen LogP contribution in [-0.4, -0.2) is 11.3 Å². The highest BCUT2D eigenvalue weighted by atomic mass is 32.0. The predicted octanol–water partition coefficient (Wildman–Crippen LogP) is 3.90. The van der Waals surface area contributed by atoms with Crippen molar-refractivity contribution in [1.82, 2.24) is 0 Å². The van der Waals surface area contributed by atoms with Crippen LogP contribution in [0.25, 0.3) is 0 Å². The van der Waals surface area contributed by atoms with Crippen LogP contribution < -0.4 is 0 Å². The molecule has 0 amide bonds. The second-order valence-corrected chi connectivity index (χ2v) is 6.71. The minimum Gasteiger partial charge on any atom is -0.0521 e. The maximum atomic E-state index is 1.76. The van der Waals surface area contributed by atoms with Crippen LogP contribution in [-0.2, 0) is 0 Å². The molecule has 2 radical (unpaired) electrons. The summed E-state index contributed by atoms with van der Waals surface area (Å²) in [5.74, 6) is 0. The maximum absolute atomic E-state index is 1.76. The van der Waals surface area contributed by atoms with E-state index >= 15 is 0 Å². The first-order valence-electron chi connectivity index (χ1n) is 4.35. The molecule has 0 unspecified atom stereocenters. The van der Waals surface area contributed by atoms with Gasteiger partial charge in [-0.2, -0.15) is 0 Å². The van der Waals surface area contributed by atoms with Crippen molar-refractivity contribution >= 4 is 16.5 Å². The van der Waals surface area contributed by atoms with Gasteiger partial charge in [-0.3, -0.25) is 0 Å². The van der Waals surface area contributed by atoms with Crippen molar-refractivity contribution in [2.45, 2.75) is 49.8 Å². The largest absolute Gasteiger partial charge is 0.0521 e. The van der Waals surface area contributed by atoms with Crippen LogP contribution in [0.1, 0.15) is 38.5 Å². The molecule has 0 atom stereocenters. The summed E-state index contributed by atoms with van der Waals surface area (Å²) in [7, 11) is 3.52. The Hall–Kier alpha value is 0.860. The van der Waals surface area contributed by atoms with Gasteiger partial charge >= 0.3 is 0 Å². The van der Waals surface area contributed by atoms with Gasteiger partial charge in [0, 0.05) is 0 Å². The molecule has 2 fully saturated rings.